The van der Waals surface area contributed by atoms with Crippen LogP contribution in [0.15, 0.2) is 48.8 Å². The highest BCUT2D eigenvalue weighted by molar-refractivity contribution is 5.95. The third-order valence-corrected chi connectivity index (χ3v) is 4.57. The van der Waals surface area contributed by atoms with Gasteiger partial charge in [0.1, 0.15) is 5.60 Å². The van der Waals surface area contributed by atoms with Gasteiger partial charge in [-0.25, -0.2) is 0 Å². The summed E-state index contributed by atoms with van der Waals surface area (Å²) in [7, 11) is 0. The Morgan fingerprint density at radius 1 is 1.10 bits per heavy atom. The molecule has 2 fully saturated rings. The fraction of sp³-hybridized carbons (Fsp3) is 0.353. The second kappa shape index (κ2) is 4.46. The van der Waals surface area contributed by atoms with Gasteiger partial charge in [0.2, 0.25) is 0 Å². The van der Waals surface area contributed by atoms with Crippen molar-refractivity contribution in [2.24, 2.45) is 5.92 Å². The zero-order valence-corrected chi connectivity index (χ0v) is 11.8. The first kappa shape index (κ1) is 12.7. The number of amides is 1. The van der Waals surface area contributed by atoms with Crippen LogP contribution in [0.2, 0.25) is 0 Å². The Kier molecular flexibility index (Phi) is 2.69. The topological polar surface area (TPSA) is 45.5 Å². The van der Waals surface area contributed by atoms with Crippen LogP contribution in [0.1, 0.15) is 23.2 Å². The van der Waals surface area contributed by atoms with Crippen molar-refractivity contribution in [3.05, 3.63) is 54.4 Å². The third-order valence-electron chi connectivity index (χ3n) is 4.57. The van der Waals surface area contributed by atoms with E-state index in [9.17, 15) is 9.90 Å². The lowest BCUT2D eigenvalue weighted by molar-refractivity contribution is -0.0958. The molecule has 4 heteroatoms. The molecule has 1 amide bonds. The molecule has 0 spiro atoms. The van der Waals surface area contributed by atoms with Crippen LogP contribution in [0, 0.1) is 5.92 Å². The zero-order valence-electron chi connectivity index (χ0n) is 11.8. The maximum Gasteiger partial charge on any atom is 0.254 e. The van der Waals surface area contributed by atoms with E-state index in [4.69, 9.17) is 0 Å². The van der Waals surface area contributed by atoms with Crippen molar-refractivity contribution in [1.82, 2.24) is 9.47 Å². The largest absolute Gasteiger partial charge is 0.386 e. The van der Waals surface area contributed by atoms with Gasteiger partial charge in [0, 0.05) is 23.6 Å². The number of rotatable bonds is 3. The van der Waals surface area contributed by atoms with Gasteiger partial charge in [-0.05, 0) is 55.2 Å². The summed E-state index contributed by atoms with van der Waals surface area (Å²) in [6.45, 7) is 0.964. The molecule has 0 unspecified atom stereocenters. The van der Waals surface area contributed by atoms with Crippen molar-refractivity contribution < 1.29 is 9.90 Å². The van der Waals surface area contributed by atoms with Crippen LogP contribution < -0.4 is 0 Å². The van der Waals surface area contributed by atoms with E-state index in [1.165, 1.54) is 0 Å². The van der Waals surface area contributed by atoms with E-state index in [2.05, 4.69) is 0 Å². The number of β-amino-alcohol motifs (C(OH)–C–C–N with tert-alkyl or cyclic N) is 1. The van der Waals surface area contributed by atoms with Gasteiger partial charge in [0.25, 0.3) is 5.91 Å². The molecule has 2 heterocycles. The monoisotopic (exact) mass is 282 g/mol. The number of nitrogens with zero attached hydrogens (tertiary/aromatic N) is 2. The molecule has 1 saturated heterocycles. The number of carbonyl (C=O) groups excluding carboxylic acids is 1. The summed E-state index contributed by atoms with van der Waals surface area (Å²) in [5.41, 5.74) is 1.11. The van der Waals surface area contributed by atoms with E-state index < -0.39 is 5.60 Å². The Hall–Kier alpha value is -2.07. The highest BCUT2D eigenvalue weighted by Crippen LogP contribution is 2.44. The summed E-state index contributed by atoms with van der Waals surface area (Å²) in [6.07, 6.45) is 6.15. The van der Waals surface area contributed by atoms with E-state index in [1.807, 2.05) is 53.4 Å². The number of hydrogen-bond donors (Lipinski definition) is 1. The number of benzene rings is 1. The molecule has 21 heavy (non-hydrogen) atoms. The van der Waals surface area contributed by atoms with Crippen LogP contribution in [0.4, 0.5) is 0 Å². The highest BCUT2D eigenvalue weighted by atomic mass is 16.3. The maximum atomic E-state index is 12.4. The molecule has 0 atom stereocenters. The summed E-state index contributed by atoms with van der Waals surface area (Å²) in [4.78, 5) is 14.1. The lowest BCUT2D eigenvalue weighted by atomic mass is 9.88. The molecular formula is C17H18N2O2. The van der Waals surface area contributed by atoms with E-state index >= 15 is 0 Å². The van der Waals surface area contributed by atoms with E-state index in [1.54, 1.807) is 4.90 Å². The van der Waals surface area contributed by atoms with Gasteiger partial charge in [-0.2, -0.15) is 0 Å². The Morgan fingerprint density at radius 3 is 2.29 bits per heavy atom. The normalized spacial score (nSPS) is 20.1. The molecule has 4 nitrogen and oxygen atoms in total. The Balaban J connectivity index is 1.46. The number of aliphatic hydroxyl groups is 1. The second-order valence-electron chi connectivity index (χ2n) is 6.18. The Bertz CT molecular complexity index is 651. The van der Waals surface area contributed by atoms with Crippen LogP contribution in [0.25, 0.3) is 5.69 Å². The predicted molar refractivity (Wildman–Crippen MR) is 79.3 cm³/mol. The summed E-state index contributed by atoms with van der Waals surface area (Å²) >= 11 is 0. The molecule has 0 bridgehead atoms. The predicted octanol–water partition coefficient (Wildman–Crippen LogP) is 2.07. The summed E-state index contributed by atoms with van der Waals surface area (Å²) in [5.74, 6) is 0.428. The fourth-order valence-corrected chi connectivity index (χ4v) is 3.10. The average Bonchev–Trinajstić information content (AvgIpc) is 3.19. The smallest absolute Gasteiger partial charge is 0.254 e. The average molecular weight is 282 g/mol. The summed E-state index contributed by atoms with van der Waals surface area (Å²) in [5, 5.41) is 10.3. The molecule has 2 aliphatic rings. The Morgan fingerprint density at radius 2 is 1.71 bits per heavy atom. The van der Waals surface area contributed by atoms with Gasteiger partial charge in [0.05, 0.1) is 13.1 Å². The van der Waals surface area contributed by atoms with Crippen LogP contribution in [0.5, 0.6) is 0 Å². The molecule has 1 saturated carbocycles. The first-order chi connectivity index (χ1) is 10.2. The fourth-order valence-electron chi connectivity index (χ4n) is 3.10. The minimum absolute atomic E-state index is 0.0133. The van der Waals surface area contributed by atoms with Crippen molar-refractivity contribution >= 4 is 5.91 Å². The number of aromatic nitrogens is 1. The highest BCUT2D eigenvalue weighted by Gasteiger charge is 2.53. The van der Waals surface area contributed by atoms with E-state index in [-0.39, 0.29) is 5.91 Å². The molecule has 108 valence electrons. The van der Waals surface area contributed by atoms with Crippen LogP contribution in [-0.4, -0.2) is 39.2 Å². The quantitative estimate of drug-likeness (QED) is 0.936. The second-order valence-corrected chi connectivity index (χ2v) is 6.18. The van der Waals surface area contributed by atoms with Gasteiger partial charge in [-0.1, -0.05) is 0 Å². The van der Waals surface area contributed by atoms with Gasteiger partial charge >= 0.3 is 0 Å². The summed E-state index contributed by atoms with van der Waals surface area (Å²) < 4.78 is 2.00. The molecular weight excluding hydrogens is 264 g/mol. The molecule has 2 aromatic rings. The van der Waals surface area contributed by atoms with E-state index in [0.29, 0.717) is 24.6 Å². The van der Waals surface area contributed by atoms with Crippen molar-refractivity contribution in [1.29, 1.82) is 0 Å². The minimum Gasteiger partial charge on any atom is -0.386 e. The molecule has 4 rings (SSSR count). The Labute approximate surface area is 123 Å². The first-order valence-corrected chi connectivity index (χ1v) is 7.41. The van der Waals surface area contributed by atoms with Gasteiger partial charge < -0.3 is 14.6 Å². The number of hydrogen-bond acceptors (Lipinski definition) is 2. The van der Waals surface area contributed by atoms with Crippen molar-refractivity contribution in [2.75, 3.05) is 13.1 Å². The van der Waals surface area contributed by atoms with Crippen LogP contribution in [0.3, 0.4) is 0 Å². The van der Waals surface area contributed by atoms with Crippen molar-refractivity contribution in [2.45, 2.75) is 18.4 Å². The van der Waals surface area contributed by atoms with Gasteiger partial charge in [-0.3, -0.25) is 4.79 Å². The number of likely N-dealkylation sites (tertiary alicyclic amines) is 1. The summed E-state index contributed by atoms with van der Waals surface area (Å²) in [6, 6.07) is 11.5. The third kappa shape index (κ3) is 2.16. The van der Waals surface area contributed by atoms with Crippen LogP contribution in [-0.2, 0) is 0 Å². The SMILES string of the molecule is O=C(c1ccc(-n2cccc2)cc1)N1CC(O)(C2CC2)C1. The minimum atomic E-state index is -0.610. The molecule has 1 aromatic heterocycles. The maximum absolute atomic E-state index is 12.4. The molecule has 0 radical (unpaired) electrons. The zero-order chi connectivity index (χ0) is 14.4. The van der Waals surface area contributed by atoms with Gasteiger partial charge in [-0.15, -0.1) is 0 Å². The molecule has 1 N–H and O–H groups in total. The lowest BCUT2D eigenvalue weighted by Crippen LogP contribution is -2.64. The standard InChI is InChI=1S/C17H18N2O2/c20-16(19-11-17(21,12-19)14-5-6-14)13-3-7-15(8-4-13)18-9-1-2-10-18/h1-4,7-10,14,21H,5-6,11-12H2. The first-order valence-electron chi connectivity index (χ1n) is 7.41. The van der Waals surface area contributed by atoms with E-state index in [0.717, 1.165) is 18.5 Å². The lowest BCUT2D eigenvalue weighted by Gasteiger charge is -2.47. The van der Waals surface area contributed by atoms with Crippen LogP contribution >= 0.6 is 0 Å². The molecule has 1 aromatic carbocycles. The van der Waals surface area contributed by atoms with Crippen molar-refractivity contribution in [3.63, 3.8) is 0 Å². The van der Waals surface area contributed by atoms with Gasteiger partial charge in [0.15, 0.2) is 0 Å². The molecule has 1 aliphatic carbocycles. The molecule has 1 aliphatic heterocycles. The van der Waals surface area contributed by atoms with Crippen molar-refractivity contribution in [3.8, 4) is 5.69 Å². The number of carbonyl (C=O) groups is 1.